The van der Waals surface area contributed by atoms with Crippen LogP contribution in [0.15, 0.2) is 30.3 Å². The van der Waals surface area contributed by atoms with Gasteiger partial charge < -0.3 is 0 Å². The second-order valence-electron chi connectivity index (χ2n) is 5.33. The summed E-state index contributed by atoms with van der Waals surface area (Å²) in [5, 5.41) is 0. The highest BCUT2D eigenvalue weighted by atomic mass is 16.2. The molecule has 3 rings (SSSR count). The van der Waals surface area contributed by atoms with E-state index in [9.17, 15) is 19.2 Å². The minimum absolute atomic E-state index is 0.0806. The molecule has 4 amide bonds. The summed E-state index contributed by atoms with van der Waals surface area (Å²) in [6.45, 7) is 0.136. The molecule has 1 aromatic rings. The predicted molar refractivity (Wildman–Crippen MR) is 71.4 cm³/mol. The van der Waals surface area contributed by atoms with Gasteiger partial charge in [-0.15, -0.1) is 0 Å². The lowest BCUT2D eigenvalue weighted by Crippen LogP contribution is -2.48. The van der Waals surface area contributed by atoms with Crippen LogP contribution in [0, 0.1) is 11.8 Å². The van der Waals surface area contributed by atoms with Crippen molar-refractivity contribution in [3.63, 3.8) is 0 Å². The van der Waals surface area contributed by atoms with E-state index in [0.717, 1.165) is 15.4 Å². The number of nitrogens with zero attached hydrogens (tertiary/aromatic N) is 2. The maximum absolute atomic E-state index is 12.4. The minimum Gasteiger partial charge on any atom is -0.285 e. The zero-order valence-corrected chi connectivity index (χ0v) is 11.5. The SMILES string of the molecule is CN1C(=O)C[C@H]2C(=O)N(Cc3ccccc3)C(=O)[C@@H]2C1=O. The fourth-order valence-electron chi connectivity index (χ4n) is 2.85. The number of benzene rings is 1. The molecule has 2 aliphatic heterocycles. The molecule has 2 saturated heterocycles. The van der Waals surface area contributed by atoms with Gasteiger partial charge in [0.25, 0.3) is 0 Å². The Morgan fingerprint density at radius 2 is 1.67 bits per heavy atom. The summed E-state index contributed by atoms with van der Waals surface area (Å²) >= 11 is 0. The van der Waals surface area contributed by atoms with Gasteiger partial charge in [0, 0.05) is 13.5 Å². The fraction of sp³-hybridized carbons (Fsp3) is 0.333. The lowest BCUT2D eigenvalue weighted by Gasteiger charge is -2.26. The van der Waals surface area contributed by atoms with Gasteiger partial charge in [0.2, 0.25) is 23.6 Å². The van der Waals surface area contributed by atoms with Crippen LogP contribution in [0.1, 0.15) is 12.0 Å². The highest BCUT2D eigenvalue weighted by Gasteiger charge is 2.56. The van der Waals surface area contributed by atoms with Gasteiger partial charge in [-0.25, -0.2) is 0 Å². The predicted octanol–water partition coefficient (Wildman–Crippen LogP) is 0.176. The zero-order chi connectivity index (χ0) is 15.1. The fourth-order valence-corrected chi connectivity index (χ4v) is 2.85. The summed E-state index contributed by atoms with van der Waals surface area (Å²) < 4.78 is 0. The lowest BCUT2D eigenvalue weighted by atomic mass is 9.87. The van der Waals surface area contributed by atoms with E-state index < -0.39 is 35.5 Å². The first kappa shape index (κ1) is 13.5. The van der Waals surface area contributed by atoms with Gasteiger partial charge in [0.1, 0.15) is 5.92 Å². The molecule has 2 fully saturated rings. The Hall–Kier alpha value is -2.50. The summed E-state index contributed by atoms with van der Waals surface area (Å²) in [6, 6.07) is 9.09. The molecule has 0 aromatic heterocycles. The number of piperidine rings is 1. The highest BCUT2D eigenvalue weighted by Crippen LogP contribution is 2.35. The minimum atomic E-state index is -1.04. The molecule has 0 spiro atoms. The average molecular weight is 286 g/mol. The lowest BCUT2D eigenvalue weighted by molar-refractivity contribution is -0.155. The standard InChI is InChI=1S/C15H14N2O4/c1-16-11(18)7-10-12(14(16)20)15(21)17(13(10)19)8-9-5-3-2-4-6-9/h2-6,10,12H,7-8H2,1H3/t10-,12+/m1/s1. The molecule has 0 aliphatic carbocycles. The van der Waals surface area contributed by atoms with Gasteiger partial charge in [-0.05, 0) is 5.56 Å². The molecule has 2 aliphatic rings. The van der Waals surface area contributed by atoms with Crippen molar-refractivity contribution in [2.45, 2.75) is 13.0 Å². The molecule has 2 heterocycles. The Bertz CT molecular complexity index is 640. The molecular weight excluding hydrogens is 272 g/mol. The van der Waals surface area contributed by atoms with E-state index in [0.29, 0.717) is 0 Å². The number of carbonyl (C=O) groups is 4. The Morgan fingerprint density at radius 1 is 1.00 bits per heavy atom. The van der Waals surface area contributed by atoms with Crippen molar-refractivity contribution < 1.29 is 19.2 Å². The second kappa shape index (κ2) is 4.80. The molecule has 0 bridgehead atoms. The van der Waals surface area contributed by atoms with Crippen molar-refractivity contribution >= 4 is 23.6 Å². The summed E-state index contributed by atoms with van der Waals surface area (Å²) in [5.74, 6) is -3.79. The van der Waals surface area contributed by atoms with Crippen LogP contribution < -0.4 is 0 Å². The Labute approximate surface area is 121 Å². The average Bonchev–Trinajstić information content (AvgIpc) is 2.71. The van der Waals surface area contributed by atoms with Crippen LogP contribution in [0.2, 0.25) is 0 Å². The molecule has 0 N–H and O–H groups in total. The number of rotatable bonds is 2. The van der Waals surface area contributed by atoms with E-state index in [4.69, 9.17) is 0 Å². The van der Waals surface area contributed by atoms with Crippen molar-refractivity contribution in [3.05, 3.63) is 35.9 Å². The molecular formula is C15H14N2O4. The number of hydrogen-bond donors (Lipinski definition) is 0. The van der Waals surface area contributed by atoms with Crippen LogP contribution in [0.5, 0.6) is 0 Å². The smallest absolute Gasteiger partial charge is 0.242 e. The van der Waals surface area contributed by atoms with Crippen LogP contribution in [0.4, 0.5) is 0 Å². The zero-order valence-electron chi connectivity index (χ0n) is 11.5. The molecule has 0 unspecified atom stereocenters. The first-order valence-electron chi connectivity index (χ1n) is 6.70. The number of imide groups is 2. The molecule has 6 heteroatoms. The van der Waals surface area contributed by atoms with Gasteiger partial charge in [-0.2, -0.15) is 0 Å². The van der Waals surface area contributed by atoms with Gasteiger partial charge in [0.05, 0.1) is 12.5 Å². The van der Waals surface area contributed by atoms with Crippen LogP contribution in [-0.4, -0.2) is 40.5 Å². The quantitative estimate of drug-likeness (QED) is 0.574. The van der Waals surface area contributed by atoms with Crippen LogP contribution in [0.3, 0.4) is 0 Å². The molecule has 0 saturated carbocycles. The summed E-state index contributed by atoms with van der Waals surface area (Å²) in [4.78, 5) is 50.5. The van der Waals surface area contributed by atoms with Gasteiger partial charge in [-0.1, -0.05) is 30.3 Å². The van der Waals surface area contributed by atoms with Crippen LogP contribution in [0.25, 0.3) is 0 Å². The number of fused-ring (bicyclic) bond motifs is 1. The molecule has 6 nitrogen and oxygen atoms in total. The molecule has 2 atom stereocenters. The van der Waals surface area contributed by atoms with Gasteiger partial charge >= 0.3 is 0 Å². The van der Waals surface area contributed by atoms with E-state index in [2.05, 4.69) is 0 Å². The number of likely N-dealkylation sites (tertiary alicyclic amines) is 2. The third-order valence-corrected chi connectivity index (χ3v) is 4.07. The van der Waals surface area contributed by atoms with Gasteiger partial charge in [-0.3, -0.25) is 29.0 Å². The monoisotopic (exact) mass is 286 g/mol. The first-order chi connectivity index (χ1) is 10.0. The van der Waals surface area contributed by atoms with Crippen molar-refractivity contribution in [2.24, 2.45) is 11.8 Å². The van der Waals surface area contributed by atoms with Crippen molar-refractivity contribution in [1.29, 1.82) is 0 Å². The normalized spacial score (nSPS) is 25.6. The maximum Gasteiger partial charge on any atom is 0.242 e. The Balaban J connectivity index is 1.89. The summed E-state index contributed by atoms with van der Waals surface area (Å²) in [6.07, 6.45) is -0.0806. The molecule has 108 valence electrons. The Kier molecular flexibility index (Phi) is 3.08. The number of hydrogen-bond acceptors (Lipinski definition) is 4. The first-order valence-corrected chi connectivity index (χ1v) is 6.70. The van der Waals surface area contributed by atoms with E-state index in [-0.39, 0.29) is 13.0 Å². The molecule has 21 heavy (non-hydrogen) atoms. The third-order valence-electron chi connectivity index (χ3n) is 4.07. The van der Waals surface area contributed by atoms with Crippen molar-refractivity contribution in [2.75, 3.05) is 7.05 Å². The van der Waals surface area contributed by atoms with Crippen molar-refractivity contribution in [1.82, 2.24) is 9.80 Å². The van der Waals surface area contributed by atoms with Crippen molar-refractivity contribution in [3.8, 4) is 0 Å². The largest absolute Gasteiger partial charge is 0.285 e. The van der Waals surface area contributed by atoms with E-state index in [1.807, 2.05) is 30.3 Å². The molecule has 1 aromatic carbocycles. The van der Waals surface area contributed by atoms with E-state index in [1.165, 1.54) is 7.05 Å². The number of amides is 4. The topological polar surface area (TPSA) is 74.8 Å². The van der Waals surface area contributed by atoms with E-state index in [1.54, 1.807) is 0 Å². The summed E-state index contributed by atoms with van der Waals surface area (Å²) in [7, 11) is 1.35. The maximum atomic E-state index is 12.4. The Morgan fingerprint density at radius 3 is 2.33 bits per heavy atom. The second-order valence-corrected chi connectivity index (χ2v) is 5.33. The highest BCUT2D eigenvalue weighted by molar-refractivity contribution is 6.19. The molecule has 0 radical (unpaired) electrons. The van der Waals surface area contributed by atoms with E-state index >= 15 is 0 Å². The number of carbonyl (C=O) groups excluding carboxylic acids is 4. The summed E-state index contributed by atoms with van der Waals surface area (Å²) in [5.41, 5.74) is 0.810. The third kappa shape index (κ3) is 2.03. The van der Waals surface area contributed by atoms with Crippen LogP contribution >= 0.6 is 0 Å². The van der Waals surface area contributed by atoms with Gasteiger partial charge in [0.15, 0.2) is 0 Å². The van der Waals surface area contributed by atoms with Crippen LogP contribution in [-0.2, 0) is 25.7 Å².